The van der Waals surface area contributed by atoms with E-state index >= 15 is 0 Å². The topological polar surface area (TPSA) is 59.5 Å². The molecule has 5 heteroatoms. The Morgan fingerprint density at radius 2 is 2.16 bits per heavy atom. The van der Waals surface area contributed by atoms with Gasteiger partial charge in [0.15, 0.2) is 0 Å². The van der Waals surface area contributed by atoms with E-state index in [1.54, 1.807) is 49.2 Å². The molecule has 1 aromatic carbocycles. The van der Waals surface area contributed by atoms with Crippen LogP contribution in [0.3, 0.4) is 0 Å². The highest BCUT2D eigenvalue weighted by Crippen LogP contribution is 2.29. The average molecular weight is 276 g/mol. The van der Waals surface area contributed by atoms with Crippen molar-refractivity contribution in [2.75, 3.05) is 19.8 Å². The Kier molecular flexibility index (Phi) is 4.16. The van der Waals surface area contributed by atoms with Crippen LogP contribution >= 0.6 is 11.8 Å². The first-order chi connectivity index (χ1) is 9.08. The minimum absolute atomic E-state index is 0.0260. The smallest absolute Gasteiger partial charge is 0.254 e. The zero-order valence-corrected chi connectivity index (χ0v) is 11.7. The molecular weight excluding hydrogens is 260 g/mol. The lowest BCUT2D eigenvalue weighted by molar-refractivity contribution is 0.0824. The van der Waals surface area contributed by atoms with Crippen molar-refractivity contribution >= 4 is 23.4 Å². The highest BCUT2D eigenvalue weighted by molar-refractivity contribution is 7.98. The van der Waals surface area contributed by atoms with Gasteiger partial charge in [0.25, 0.3) is 5.91 Å². The van der Waals surface area contributed by atoms with Gasteiger partial charge in [-0.25, -0.2) is 0 Å². The summed E-state index contributed by atoms with van der Waals surface area (Å²) >= 11 is 1.54. The molecule has 1 amide bonds. The summed E-state index contributed by atoms with van der Waals surface area (Å²) in [6.45, 7) is 0. The molecule has 19 heavy (non-hydrogen) atoms. The van der Waals surface area contributed by atoms with E-state index in [-0.39, 0.29) is 5.91 Å². The number of carbonyl (C=O) groups excluding carboxylic acids is 1. The van der Waals surface area contributed by atoms with Crippen molar-refractivity contribution in [3.05, 3.63) is 47.9 Å². The standard InChI is InChI=1S/C14H16N2O2S/c1-16(2)14(17)12-6-5-10(15)8-13(12)19-9-11-4-3-7-18-11/h3-8H,9,15H2,1-2H3. The number of nitrogens with two attached hydrogens (primary N) is 1. The number of nitrogen functional groups attached to an aromatic ring is 1. The van der Waals surface area contributed by atoms with E-state index in [0.29, 0.717) is 17.0 Å². The van der Waals surface area contributed by atoms with Crippen LogP contribution in [0.4, 0.5) is 5.69 Å². The van der Waals surface area contributed by atoms with E-state index < -0.39 is 0 Å². The van der Waals surface area contributed by atoms with Crippen LogP contribution < -0.4 is 5.73 Å². The fourth-order valence-corrected chi connectivity index (χ4v) is 2.61. The van der Waals surface area contributed by atoms with Gasteiger partial charge in [0.05, 0.1) is 17.6 Å². The molecule has 2 N–H and O–H groups in total. The molecular formula is C14H16N2O2S. The molecule has 0 aliphatic rings. The Morgan fingerprint density at radius 1 is 1.37 bits per heavy atom. The monoisotopic (exact) mass is 276 g/mol. The van der Waals surface area contributed by atoms with Gasteiger partial charge in [-0.2, -0.15) is 0 Å². The van der Waals surface area contributed by atoms with Gasteiger partial charge in [-0.15, -0.1) is 11.8 Å². The molecule has 1 aromatic heterocycles. The summed E-state index contributed by atoms with van der Waals surface area (Å²) in [5, 5.41) is 0. The second-order valence-corrected chi connectivity index (χ2v) is 5.34. The number of hydrogen-bond donors (Lipinski definition) is 1. The van der Waals surface area contributed by atoms with Crippen LogP contribution in [0.2, 0.25) is 0 Å². The van der Waals surface area contributed by atoms with Crippen LogP contribution in [0.25, 0.3) is 0 Å². The lowest BCUT2D eigenvalue weighted by atomic mass is 10.2. The Bertz CT molecular complexity index is 565. The maximum atomic E-state index is 12.1. The van der Waals surface area contributed by atoms with Crippen molar-refractivity contribution in [2.24, 2.45) is 0 Å². The molecule has 0 saturated carbocycles. The number of carbonyl (C=O) groups is 1. The highest BCUT2D eigenvalue weighted by atomic mass is 32.2. The minimum Gasteiger partial charge on any atom is -0.468 e. The van der Waals surface area contributed by atoms with Crippen LogP contribution in [0.15, 0.2) is 45.9 Å². The molecule has 100 valence electrons. The van der Waals surface area contributed by atoms with Gasteiger partial charge in [-0.1, -0.05) is 0 Å². The Balaban J connectivity index is 2.22. The first kappa shape index (κ1) is 13.5. The largest absolute Gasteiger partial charge is 0.468 e. The predicted molar refractivity (Wildman–Crippen MR) is 77.1 cm³/mol. The maximum absolute atomic E-state index is 12.1. The molecule has 4 nitrogen and oxygen atoms in total. The van der Waals surface area contributed by atoms with Crippen molar-refractivity contribution in [1.29, 1.82) is 0 Å². The molecule has 0 aliphatic heterocycles. The number of hydrogen-bond acceptors (Lipinski definition) is 4. The second kappa shape index (κ2) is 5.84. The summed E-state index contributed by atoms with van der Waals surface area (Å²) in [4.78, 5) is 14.5. The van der Waals surface area contributed by atoms with Gasteiger partial charge in [-0.3, -0.25) is 4.79 Å². The van der Waals surface area contributed by atoms with E-state index in [9.17, 15) is 4.79 Å². The van der Waals surface area contributed by atoms with Crippen molar-refractivity contribution < 1.29 is 9.21 Å². The second-order valence-electron chi connectivity index (χ2n) is 4.32. The number of thioether (sulfide) groups is 1. The molecule has 1 heterocycles. The van der Waals surface area contributed by atoms with E-state index in [1.807, 2.05) is 18.2 Å². The quantitative estimate of drug-likeness (QED) is 0.689. The van der Waals surface area contributed by atoms with Crippen molar-refractivity contribution in [3.8, 4) is 0 Å². The Hall–Kier alpha value is -1.88. The maximum Gasteiger partial charge on any atom is 0.254 e. The fraction of sp³-hybridized carbons (Fsp3) is 0.214. The Labute approximate surface area is 116 Å². The summed E-state index contributed by atoms with van der Waals surface area (Å²) in [5.74, 6) is 1.52. The summed E-state index contributed by atoms with van der Waals surface area (Å²) in [5.41, 5.74) is 7.10. The SMILES string of the molecule is CN(C)C(=O)c1ccc(N)cc1SCc1ccco1. The van der Waals surface area contributed by atoms with Gasteiger partial charge in [-0.05, 0) is 30.3 Å². The summed E-state index contributed by atoms with van der Waals surface area (Å²) in [7, 11) is 3.47. The van der Waals surface area contributed by atoms with Gasteiger partial charge in [0.2, 0.25) is 0 Å². The van der Waals surface area contributed by atoms with E-state index in [0.717, 1.165) is 10.7 Å². The number of anilines is 1. The van der Waals surface area contributed by atoms with Crippen LogP contribution in [-0.2, 0) is 5.75 Å². The fourth-order valence-electron chi connectivity index (χ4n) is 1.62. The third-order valence-electron chi connectivity index (χ3n) is 2.59. The van der Waals surface area contributed by atoms with Crippen LogP contribution in [0, 0.1) is 0 Å². The molecule has 0 spiro atoms. The van der Waals surface area contributed by atoms with E-state index in [4.69, 9.17) is 10.2 Å². The first-order valence-corrected chi connectivity index (χ1v) is 6.83. The number of rotatable bonds is 4. The number of furan rings is 1. The van der Waals surface area contributed by atoms with Crippen molar-refractivity contribution in [2.45, 2.75) is 10.6 Å². The van der Waals surface area contributed by atoms with Gasteiger partial charge < -0.3 is 15.1 Å². The van der Waals surface area contributed by atoms with Crippen LogP contribution in [0.5, 0.6) is 0 Å². The van der Waals surface area contributed by atoms with Gasteiger partial charge in [0, 0.05) is 24.7 Å². The first-order valence-electron chi connectivity index (χ1n) is 5.84. The summed E-state index contributed by atoms with van der Waals surface area (Å²) in [6, 6.07) is 9.09. The lowest BCUT2D eigenvalue weighted by Crippen LogP contribution is -2.22. The summed E-state index contributed by atoms with van der Waals surface area (Å²) in [6.07, 6.45) is 1.64. The summed E-state index contributed by atoms with van der Waals surface area (Å²) < 4.78 is 5.29. The van der Waals surface area contributed by atoms with Crippen molar-refractivity contribution in [1.82, 2.24) is 4.90 Å². The molecule has 0 unspecified atom stereocenters. The van der Waals surface area contributed by atoms with Crippen LogP contribution in [0.1, 0.15) is 16.1 Å². The number of amides is 1. The third-order valence-corrected chi connectivity index (χ3v) is 3.67. The lowest BCUT2D eigenvalue weighted by Gasteiger charge is -2.14. The molecule has 0 aliphatic carbocycles. The molecule has 0 fully saturated rings. The number of benzene rings is 1. The van der Waals surface area contributed by atoms with E-state index in [1.165, 1.54) is 0 Å². The third kappa shape index (κ3) is 3.32. The van der Waals surface area contributed by atoms with Crippen molar-refractivity contribution in [3.63, 3.8) is 0 Å². The molecule has 2 aromatic rings. The highest BCUT2D eigenvalue weighted by Gasteiger charge is 2.14. The molecule has 0 radical (unpaired) electrons. The van der Waals surface area contributed by atoms with Crippen LogP contribution in [-0.4, -0.2) is 24.9 Å². The molecule has 0 saturated heterocycles. The number of nitrogens with zero attached hydrogens (tertiary/aromatic N) is 1. The average Bonchev–Trinajstić information content (AvgIpc) is 2.88. The predicted octanol–water partition coefficient (Wildman–Crippen LogP) is 2.86. The minimum atomic E-state index is -0.0260. The van der Waals surface area contributed by atoms with E-state index in [2.05, 4.69) is 0 Å². The zero-order chi connectivity index (χ0) is 13.8. The molecule has 2 rings (SSSR count). The molecule has 0 bridgehead atoms. The normalized spacial score (nSPS) is 10.4. The van der Waals surface area contributed by atoms with Gasteiger partial charge >= 0.3 is 0 Å². The zero-order valence-electron chi connectivity index (χ0n) is 10.9. The Morgan fingerprint density at radius 3 is 2.79 bits per heavy atom. The van der Waals surface area contributed by atoms with Gasteiger partial charge in [0.1, 0.15) is 5.76 Å². The molecule has 0 atom stereocenters.